The molecule has 0 spiro atoms. The van der Waals surface area contributed by atoms with Gasteiger partial charge in [0, 0.05) is 5.39 Å². The van der Waals surface area contributed by atoms with Gasteiger partial charge in [-0.1, -0.05) is 0 Å². The van der Waals surface area contributed by atoms with E-state index in [2.05, 4.69) is 20.9 Å². The average Bonchev–Trinajstić information content (AvgIpc) is 2.59. The number of benzene rings is 1. The third-order valence-corrected chi connectivity index (χ3v) is 2.56. The molecule has 3 nitrogen and oxygen atoms in total. The molecule has 0 radical (unpaired) electrons. The summed E-state index contributed by atoms with van der Waals surface area (Å²) in [6, 6.07) is 2.00. The molecule has 0 fully saturated rings. The lowest BCUT2D eigenvalue weighted by molar-refractivity contribution is 0.0691. The van der Waals surface area contributed by atoms with E-state index < -0.39 is 17.6 Å². The number of hydrogen-bond donors (Lipinski definition) is 2. The molecule has 0 unspecified atom stereocenters. The smallest absolute Gasteiger partial charge is 0.352 e. The summed E-state index contributed by atoms with van der Waals surface area (Å²) >= 11 is 2.84. The van der Waals surface area contributed by atoms with E-state index in [1.807, 2.05) is 0 Å². The molecule has 0 aliphatic heterocycles. The molecular weight excluding hydrogens is 272 g/mol. The van der Waals surface area contributed by atoms with Crippen LogP contribution in [0.2, 0.25) is 0 Å². The molecule has 6 heteroatoms. The van der Waals surface area contributed by atoms with Gasteiger partial charge in [0.1, 0.15) is 17.3 Å². The summed E-state index contributed by atoms with van der Waals surface area (Å²) < 4.78 is 26.7. The van der Waals surface area contributed by atoms with Gasteiger partial charge in [0.2, 0.25) is 0 Å². The van der Waals surface area contributed by atoms with Crippen molar-refractivity contribution < 1.29 is 18.7 Å². The molecule has 78 valence electrons. The fourth-order valence-electron chi connectivity index (χ4n) is 1.31. The Bertz CT molecular complexity index is 565. The van der Waals surface area contributed by atoms with Gasteiger partial charge in [0.25, 0.3) is 0 Å². The second-order valence-electron chi connectivity index (χ2n) is 2.93. The lowest BCUT2D eigenvalue weighted by Crippen LogP contribution is -1.95. The first kappa shape index (κ1) is 10.1. The van der Waals surface area contributed by atoms with Crippen LogP contribution in [0.3, 0.4) is 0 Å². The third-order valence-electron chi connectivity index (χ3n) is 1.99. The van der Waals surface area contributed by atoms with Gasteiger partial charge in [0.15, 0.2) is 0 Å². The molecular formula is C9H4BrF2NO2. The quantitative estimate of drug-likeness (QED) is 0.787. The number of carbonyl (C=O) groups is 1. The Morgan fingerprint density at radius 2 is 2.07 bits per heavy atom. The first-order valence-corrected chi connectivity index (χ1v) is 4.69. The van der Waals surface area contributed by atoms with E-state index in [1.54, 1.807) is 0 Å². The first-order chi connectivity index (χ1) is 7.00. The van der Waals surface area contributed by atoms with Crippen molar-refractivity contribution >= 4 is 32.8 Å². The summed E-state index contributed by atoms with van der Waals surface area (Å²) in [4.78, 5) is 12.9. The molecule has 0 saturated carbocycles. The van der Waals surface area contributed by atoms with E-state index in [-0.39, 0.29) is 21.1 Å². The molecule has 1 aromatic carbocycles. The standard InChI is InChI=1S/C9H4BrF2NO2/c10-4-2-5(11)8-3(7(4)12)1-6(13-8)9(14)15/h1-2,13H,(H,14,15). The average molecular weight is 276 g/mol. The van der Waals surface area contributed by atoms with E-state index in [1.165, 1.54) is 0 Å². The van der Waals surface area contributed by atoms with Gasteiger partial charge in [-0.15, -0.1) is 0 Å². The first-order valence-electron chi connectivity index (χ1n) is 3.90. The van der Waals surface area contributed by atoms with Crippen molar-refractivity contribution in [3.8, 4) is 0 Å². The van der Waals surface area contributed by atoms with Crippen LogP contribution < -0.4 is 0 Å². The van der Waals surface area contributed by atoms with E-state index in [0.29, 0.717) is 0 Å². The molecule has 15 heavy (non-hydrogen) atoms. The minimum absolute atomic E-state index is 0.0385. The third kappa shape index (κ3) is 1.50. The van der Waals surface area contributed by atoms with Crippen LogP contribution in [0.4, 0.5) is 8.78 Å². The maximum atomic E-state index is 13.4. The van der Waals surface area contributed by atoms with E-state index in [4.69, 9.17) is 5.11 Å². The van der Waals surface area contributed by atoms with Crippen molar-refractivity contribution in [2.24, 2.45) is 0 Å². The Kier molecular flexibility index (Phi) is 2.22. The molecule has 0 saturated heterocycles. The number of carboxylic acids is 1. The van der Waals surface area contributed by atoms with Crippen LogP contribution in [0.15, 0.2) is 16.6 Å². The number of hydrogen-bond acceptors (Lipinski definition) is 1. The van der Waals surface area contributed by atoms with Gasteiger partial charge >= 0.3 is 5.97 Å². The van der Waals surface area contributed by atoms with E-state index in [9.17, 15) is 13.6 Å². The van der Waals surface area contributed by atoms with Crippen molar-refractivity contribution in [3.05, 3.63) is 33.9 Å². The zero-order valence-electron chi connectivity index (χ0n) is 7.14. The molecule has 0 bridgehead atoms. The predicted octanol–water partition coefficient (Wildman–Crippen LogP) is 2.91. The number of aromatic amines is 1. The minimum atomic E-state index is -1.26. The number of H-pyrrole nitrogens is 1. The van der Waals surface area contributed by atoms with Crippen LogP contribution >= 0.6 is 15.9 Å². The number of halogens is 3. The molecule has 2 N–H and O–H groups in total. The van der Waals surface area contributed by atoms with Gasteiger partial charge in [-0.05, 0) is 28.1 Å². The normalized spacial score (nSPS) is 10.9. The Hall–Kier alpha value is -1.43. The molecule has 1 aromatic heterocycles. The van der Waals surface area contributed by atoms with Gasteiger partial charge < -0.3 is 10.1 Å². The Morgan fingerprint density at radius 3 is 2.67 bits per heavy atom. The van der Waals surface area contributed by atoms with Crippen LogP contribution in [0.25, 0.3) is 10.9 Å². The second kappa shape index (κ2) is 3.30. The number of fused-ring (bicyclic) bond motifs is 1. The van der Waals surface area contributed by atoms with Crippen molar-refractivity contribution in [2.75, 3.05) is 0 Å². The summed E-state index contributed by atoms with van der Waals surface area (Å²) in [5.74, 6) is -2.65. The molecule has 0 aliphatic carbocycles. The highest BCUT2D eigenvalue weighted by Gasteiger charge is 2.16. The van der Waals surface area contributed by atoms with Crippen molar-refractivity contribution in [3.63, 3.8) is 0 Å². The Morgan fingerprint density at radius 1 is 1.40 bits per heavy atom. The highest BCUT2D eigenvalue weighted by Crippen LogP contribution is 2.28. The molecule has 0 atom stereocenters. The maximum absolute atomic E-state index is 13.4. The summed E-state index contributed by atoms with van der Waals surface area (Å²) in [5, 5.41) is 8.57. The molecule has 2 aromatic rings. The SMILES string of the molecule is O=C(O)c1cc2c(F)c(Br)cc(F)c2[nH]1. The van der Waals surface area contributed by atoms with Gasteiger partial charge in [-0.3, -0.25) is 0 Å². The Labute approximate surface area is 90.8 Å². The van der Waals surface area contributed by atoms with Gasteiger partial charge in [-0.2, -0.15) is 0 Å². The van der Waals surface area contributed by atoms with Gasteiger partial charge in [0.05, 0.1) is 9.99 Å². The van der Waals surface area contributed by atoms with Crippen molar-refractivity contribution in [1.82, 2.24) is 4.98 Å². The largest absolute Gasteiger partial charge is 0.477 e. The molecule has 0 amide bonds. The van der Waals surface area contributed by atoms with Crippen molar-refractivity contribution in [1.29, 1.82) is 0 Å². The van der Waals surface area contributed by atoms with E-state index in [0.717, 1.165) is 12.1 Å². The topological polar surface area (TPSA) is 53.1 Å². The number of carboxylic acid groups (broad SMARTS) is 1. The number of rotatable bonds is 1. The number of nitrogens with one attached hydrogen (secondary N) is 1. The van der Waals surface area contributed by atoms with Crippen molar-refractivity contribution in [2.45, 2.75) is 0 Å². The minimum Gasteiger partial charge on any atom is -0.477 e. The summed E-state index contributed by atoms with van der Waals surface area (Å²) in [6.07, 6.45) is 0. The monoisotopic (exact) mass is 275 g/mol. The van der Waals surface area contributed by atoms with Crippen LogP contribution in [-0.4, -0.2) is 16.1 Å². The summed E-state index contributed by atoms with van der Waals surface area (Å²) in [6.45, 7) is 0. The van der Waals surface area contributed by atoms with E-state index >= 15 is 0 Å². The van der Waals surface area contributed by atoms with Crippen LogP contribution in [0.1, 0.15) is 10.5 Å². The van der Waals surface area contributed by atoms with Crippen LogP contribution in [0.5, 0.6) is 0 Å². The summed E-state index contributed by atoms with van der Waals surface area (Å²) in [5.41, 5.74) is -0.394. The highest BCUT2D eigenvalue weighted by atomic mass is 79.9. The number of aromatic nitrogens is 1. The summed E-state index contributed by atoms with van der Waals surface area (Å²) in [7, 11) is 0. The number of aromatic carboxylic acids is 1. The van der Waals surface area contributed by atoms with Crippen LogP contribution in [-0.2, 0) is 0 Å². The zero-order chi connectivity index (χ0) is 11.2. The predicted molar refractivity (Wildman–Crippen MR) is 52.9 cm³/mol. The lowest BCUT2D eigenvalue weighted by Gasteiger charge is -1.97. The Balaban J connectivity index is 2.85. The van der Waals surface area contributed by atoms with Gasteiger partial charge in [-0.25, -0.2) is 13.6 Å². The fourth-order valence-corrected chi connectivity index (χ4v) is 1.72. The molecule has 0 aliphatic rings. The zero-order valence-corrected chi connectivity index (χ0v) is 8.73. The highest BCUT2D eigenvalue weighted by molar-refractivity contribution is 9.10. The molecule has 1 heterocycles. The second-order valence-corrected chi connectivity index (χ2v) is 3.79. The van der Waals surface area contributed by atoms with Crippen LogP contribution in [0, 0.1) is 11.6 Å². The maximum Gasteiger partial charge on any atom is 0.352 e. The fraction of sp³-hybridized carbons (Fsp3) is 0. The molecule has 2 rings (SSSR count). The lowest BCUT2D eigenvalue weighted by atomic mass is 10.2.